The Hall–Kier alpha value is -0.790. The molecule has 0 saturated carbocycles. The molecule has 2 saturated heterocycles. The minimum absolute atomic E-state index is 0.0915. The summed E-state index contributed by atoms with van der Waals surface area (Å²) in [7, 11) is 1.49. The van der Waals surface area contributed by atoms with Crippen molar-refractivity contribution in [3.8, 4) is 0 Å². The number of ether oxygens (including phenoxy) is 4. The minimum atomic E-state index is -1.14. The molecule has 0 aromatic rings. The van der Waals surface area contributed by atoms with Gasteiger partial charge in [0.05, 0.1) is 0 Å². The highest BCUT2D eigenvalue weighted by molar-refractivity contribution is 5.93. The maximum Gasteiger partial charge on any atom is 0.186 e. The first-order chi connectivity index (χ1) is 8.76. The molecule has 1 unspecified atom stereocenters. The summed E-state index contributed by atoms with van der Waals surface area (Å²) in [6.07, 6.45) is -3.42. The van der Waals surface area contributed by atoms with Gasteiger partial charge in [-0.1, -0.05) is 6.58 Å². The maximum absolute atomic E-state index is 11.3. The molecule has 19 heavy (non-hydrogen) atoms. The predicted molar refractivity (Wildman–Crippen MR) is 65.3 cm³/mol. The molecule has 2 fully saturated rings. The summed E-state index contributed by atoms with van der Waals surface area (Å²) in [5, 5.41) is 10.2. The van der Waals surface area contributed by atoms with E-state index in [1.54, 1.807) is 13.8 Å². The van der Waals surface area contributed by atoms with E-state index in [4.69, 9.17) is 18.9 Å². The second-order valence-corrected chi connectivity index (χ2v) is 5.30. The largest absolute Gasteiger partial charge is 0.385 e. The third-order valence-corrected chi connectivity index (χ3v) is 3.40. The molecule has 0 aliphatic carbocycles. The van der Waals surface area contributed by atoms with Crippen molar-refractivity contribution in [2.75, 3.05) is 7.11 Å². The van der Waals surface area contributed by atoms with Crippen LogP contribution in [0, 0.1) is 0 Å². The second kappa shape index (κ2) is 4.96. The van der Waals surface area contributed by atoms with Crippen LogP contribution >= 0.6 is 0 Å². The molecule has 2 aliphatic heterocycles. The lowest BCUT2D eigenvalue weighted by atomic mass is 9.98. The summed E-state index contributed by atoms with van der Waals surface area (Å²) >= 11 is 0. The fourth-order valence-corrected chi connectivity index (χ4v) is 2.44. The maximum atomic E-state index is 11.3. The lowest BCUT2D eigenvalue weighted by Crippen LogP contribution is -2.40. The third-order valence-electron chi connectivity index (χ3n) is 3.40. The van der Waals surface area contributed by atoms with E-state index in [0.29, 0.717) is 0 Å². The Kier molecular flexibility index (Phi) is 3.81. The number of Topliss-reactive ketones (excluding diaryl/α,β-unsaturated/α-hetero) is 1. The first-order valence-electron chi connectivity index (χ1n) is 6.18. The molecule has 2 heterocycles. The van der Waals surface area contributed by atoms with Crippen LogP contribution in [-0.4, -0.2) is 54.5 Å². The van der Waals surface area contributed by atoms with Crippen molar-refractivity contribution in [3.63, 3.8) is 0 Å². The molecule has 1 N–H and O–H groups in total. The molecule has 0 amide bonds. The number of carbonyl (C=O) groups excluding carboxylic acids is 1. The summed E-state index contributed by atoms with van der Waals surface area (Å²) in [6, 6.07) is 0. The Morgan fingerprint density at radius 3 is 2.47 bits per heavy atom. The summed E-state index contributed by atoms with van der Waals surface area (Å²) in [5.74, 6) is -1.06. The standard InChI is InChI=1S/C13H20O6/c1-6(7(2)14)8(15)9-10-11(12(16-5)17-9)19-13(3,4)18-10/h8-12,15H,1H2,2-5H3/t8?,9-,10-,11-,12-/m0/s1. The van der Waals surface area contributed by atoms with Gasteiger partial charge < -0.3 is 24.1 Å². The molecule has 2 aliphatic rings. The van der Waals surface area contributed by atoms with Crippen molar-refractivity contribution in [2.45, 2.75) is 57.3 Å². The van der Waals surface area contributed by atoms with Crippen LogP contribution in [0.3, 0.4) is 0 Å². The molecular weight excluding hydrogens is 252 g/mol. The molecule has 0 bridgehead atoms. The van der Waals surface area contributed by atoms with Crippen molar-refractivity contribution >= 4 is 5.78 Å². The number of aliphatic hydroxyl groups excluding tert-OH is 1. The van der Waals surface area contributed by atoms with Gasteiger partial charge in [0.25, 0.3) is 0 Å². The second-order valence-electron chi connectivity index (χ2n) is 5.30. The van der Waals surface area contributed by atoms with Gasteiger partial charge in [-0.3, -0.25) is 4.79 Å². The van der Waals surface area contributed by atoms with Crippen LogP contribution in [-0.2, 0) is 23.7 Å². The number of rotatable bonds is 4. The Morgan fingerprint density at radius 2 is 1.95 bits per heavy atom. The van der Waals surface area contributed by atoms with E-state index < -0.39 is 36.5 Å². The average Bonchev–Trinajstić information content (AvgIpc) is 2.79. The quantitative estimate of drug-likeness (QED) is 0.746. The molecule has 2 rings (SSSR count). The van der Waals surface area contributed by atoms with Crippen LogP contribution in [0.15, 0.2) is 12.2 Å². The molecular formula is C13H20O6. The van der Waals surface area contributed by atoms with E-state index in [9.17, 15) is 9.90 Å². The first-order valence-corrected chi connectivity index (χ1v) is 6.18. The summed E-state index contributed by atoms with van der Waals surface area (Å²) in [5.41, 5.74) is 0.0915. The van der Waals surface area contributed by atoms with Gasteiger partial charge in [-0.05, 0) is 20.8 Å². The number of aliphatic hydroxyl groups is 1. The van der Waals surface area contributed by atoms with Crippen LogP contribution < -0.4 is 0 Å². The van der Waals surface area contributed by atoms with Crippen LogP contribution in [0.25, 0.3) is 0 Å². The van der Waals surface area contributed by atoms with Crippen LogP contribution in [0.4, 0.5) is 0 Å². The predicted octanol–water partition coefficient (Wildman–Crippen LogP) is 0.384. The minimum Gasteiger partial charge on any atom is -0.385 e. The number of carbonyl (C=O) groups is 1. The van der Waals surface area contributed by atoms with E-state index in [-0.39, 0.29) is 11.4 Å². The van der Waals surface area contributed by atoms with Crippen molar-refractivity contribution in [2.24, 2.45) is 0 Å². The van der Waals surface area contributed by atoms with Crippen LogP contribution in [0.2, 0.25) is 0 Å². The molecule has 0 spiro atoms. The van der Waals surface area contributed by atoms with Gasteiger partial charge in [0, 0.05) is 12.7 Å². The van der Waals surface area contributed by atoms with E-state index in [0.717, 1.165) is 0 Å². The number of hydrogen-bond acceptors (Lipinski definition) is 6. The average molecular weight is 272 g/mol. The highest BCUT2D eigenvalue weighted by Gasteiger charge is 2.57. The number of fused-ring (bicyclic) bond motifs is 1. The molecule has 0 radical (unpaired) electrons. The SMILES string of the molecule is C=C(C(C)=O)C(O)[C@@H]1O[C@H](OC)[C@H]2OC(C)(C)O[C@H]21. The Morgan fingerprint density at radius 1 is 1.37 bits per heavy atom. The highest BCUT2D eigenvalue weighted by atomic mass is 16.8. The lowest BCUT2D eigenvalue weighted by molar-refractivity contribution is -0.234. The van der Waals surface area contributed by atoms with Crippen molar-refractivity contribution < 1.29 is 28.8 Å². The van der Waals surface area contributed by atoms with Gasteiger partial charge in [-0.25, -0.2) is 0 Å². The fourth-order valence-electron chi connectivity index (χ4n) is 2.44. The van der Waals surface area contributed by atoms with Gasteiger partial charge in [0.15, 0.2) is 17.9 Å². The number of hydrogen-bond donors (Lipinski definition) is 1. The fraction of sp³-hybridized carbons (Fsp3) is 0.769. The van der Waals surface area contributed by atoms with E-state index in [2.05, 4.69) is 6.58 Å². The number of methoxy groups -OCH3 is 1. The van der Waals surface area contributed by atoms with E-state index in [1.807, 2.05) is 0 Å². The zero-order valence-electron chi connectivity index (χ0n) is 11.6. The highest BCUT2D eigenvalue weighted by Crippen LogP contribution is 2.40. The van der Waals surface area contributed by atoms with Crippen molar-refractivity contribution in [1.82, 2.24) is 0 Å². The van der Waals surface area contributed by atoms with E-state index >= 15 is 0 Å². The zero-order chi connectivity index (χ0) is 14.4. The molecule has 108 valence electrons. The van der Waals surface area contributed by atoms with Gasteiger partial charge in [-0.2, -0.15) is 0 Å². The number of ketones is 1. The topological polar surface area (TPSA) is 74.2 Å². The first kappa shape index (κ1) is 14.6. The van der Waals surface area contributed by atoms with Crippen LogP contribution in [0.5, 0.6) is 0 Å². The van der Waals surface area contributed by atoms with Gasteiger partial charge >= 0.3 is 0 Å². The Labute approximate surface area is 112 Å². The van der Waals surface area contributed by atoms with Crippen molar-refractivity contribution in [1.29, 1.82) is 0 Å². The molecule has 0 aromatic carbocycles. The Bertz CT molecular complexity index is 391. The summed E-state index contributed by atoms with van der Waals surface area (Å²) in [4.78, 5) is 11.3. The van der Waals surface area contributed by atoms with Gasteiger partial charge in [0.2, 0.25) is 0 Å². The molecule has 6 nitrogen and oxygen atoms in total. The van der Waals surface area contributed by atoms with Gasteiger partial charge in [-0.15, -0.1) is 0 Å². The monoisotopic (exact) mass is 272 g/mol. The molecule has 0 aromatic heterocycles. The summed E-state index contributed by atoms with van der Waals surface area (Å²) in [6.45, 7) is 8.49. The van der Waals surface area contributed by atoms with Gasteiger partial charge in [0.1, 0.15) is 24.4 Å². The Balaban J connectivity index is 2.18. The molecule has 5 atom stereocenters. The normalized spacial score (nSPS) is 37.9. The molecule has 6 heteroatoms. The summed E-state index contributed by atoms with van der Waals surface area (Å²) < 4.78 is 22.2. The lowest BCUT2D eigenvalue weighted by Gasteiger charge is -2.26. The van der Waals surface area contributed by atoms with Crippen LogP contribution in [0.1, 0.15) is 20.8 Å². The van der Waals surface area contributed by atoms with E-state index in [1.165, 1.54) is 14.0 Å². The zero-order valence-corrected chi connectivity index (χ0v) is 11.6. The van der Waals surface area contributed by atoms with Crippen molar-refractivity contribution in [3.05, 3.63) is 12.2 Å². The third kappa shape index (κ3) is 2.59. The smallest absolute Gasteiger partial charge is 0.186 e.